The number of β-amino-alcohol motifs (C(OH)–C–C–N with tert-alkyl or cyclic N) is 1. The molecule has 0 radical (unpaired) electrons. The number of carboxylic acid groups (broad SMARTS) is 1. The number of aliphatic hydroxyl groups excluding tert-OH is 1. The number of halogens is 1. The number of carbonyl (C=O) groups is 2. The van der Waals surface area contributed by atoms with Crippen molar-refractivity contribution in [3.63, 3.8) is 0 Å². The van der Waals surface area contributed by atoms with Crippen molar-refractivity contribution in [3.8, 4) is 5.75 Å². The third kappa shape index (κ3) is 4.05. The van der Waals surface area contributed by atoms with Crippen molar-refractivity contribution in [2.24, 2.45) is 17.3 Å². The lowest BCUT2D eigenvalue weighted by molar-refractivity contribution is -0.142. The average Bonchev–Trinajstić information content (AvgIpc) is 3.49. The number of carboxylic acids is 1. The van der Waals surface area contributed by atoms with Gasteiger partial charge in [-0.2, -0.15) is 0 Å². The summed E-state index contributed by atoms with van der Waals surface area (Å²) in [6, 6.07) is 1.68. The van der Waals surface area contributed by atoms with Crippen molar-refractivity contribution in [1.29, 1.82) is 0 Å². The topological polar surface area (TPSA) is 87.1 Å². The molecule has 1 heterocycles. The Morgan fingerprint density at radius 3 is 2.73 bits per heavy atom. The summed E-state index contributed by atoms with van der Waals surface area (Å²) in [5.74, 6) is -1.87. The summed E-state index contributed by atoms with van der Waals surface area (Å²) in [6.45, 7) is 4.27. The number of nitrogens with zero attached hydrogens (tertiary/aromatic N) is 1. The quantitative estimate of drug-likeness (QED) is 0.628. The average molecular weight is 458 g/mol. The molecular weight excluding hydrogens is 425 g/mol. The second-order valence-corrected chi connectivity index (χ2v) is 10.9. The van der Waals surface area contributed by atoms with Gasteiger partial charge in [-0.1, -0.05) is 25.5 Å². The van der Waals surface area contributed by atoms with E-state index in [4.69, 9.17) is 4.74 Å². The van der Waals surface area contributed by atoms with Crippen molar-refractivity contribution in [2.45, 2.75) is 70.4 Å². The minimum Gasteiger partial charge on any atom is -0.493 e. The van der Waals surface area contributed by atoms with Crippen LogP contribution in [0.2, 0.25) is 0 Å². The lowest BCUT2D eigenvalue weighted by atomic mass is 9.72. The second kappa shape index (κ2) is 8.12. The van der Waals surface area contributed by atoms with Crippen LogP contribution in [0.5, 0.6) is 5.75 Å². The molecule has 3 aliphatic carbocycles. The number of allylic oxidation sites excluding steroid dienone is 2. The Balaban J connectivity index is 1.39. The predicted molar refractivity (Wildman–Crippen MR) is 120 cm³/mol. The summed E-state index contributed by atoms with van der Waals surface area (Å²) < 4.78 is 21.5. The molecule has 1 aromatic carbocycles. The Morgan fingerprint density at radius 1 is 1.27 bits per heavy atom. The highest BCUT2D eigenvalue weighted by Gasteiger charge is 2.46. The van der Waals surface area contributed by atoms with E-state index >= 15 is 4.39 Å². The van der Waals surface area contributed by atoms with E-state index in [1.54, 1.807) is 13.0 Å². The number of fused-ring (bicyclic) bond motifs is 2. The fourth-order valence-electron chi connectivity index (χ4n) is 6.23. The van der Waals surface area contributed by atoms with Crippen molar-refractivity contribution < 1.29 is 28.9 Å². The maximum absolute atomic E-state index is 15.2. The Labute approximate surface area is 193 Å². The number of benzene rings is 1. The fourth-order valence-corrected chi connectivity index (χ4v) is 6.23. The molecule has 6 nitrogen and oxygen atoms in total. The van der Waals surface area contributed by atoms with Gasteiger partial charge in [0.1, 0.15) is 17.6 Å². The van der Waals surface area contributed by atoms with E-state index in [-0.39, 0.29) is 23.4 Å². The third-order valence-electron chi connectivity index (χ3n) is 8.04. The first kappa shape index (κ1) is 22.4. The van der Waals surface area contributed by atoms with Crippen LogP contribution in [0.25, 0.3) is 0 Å². The first-order valence-corrected chi connectivity index (χ1v) is 12.0. The van der Waals surface area contributed by atoms with Gasteiger partial charge in [0, 0.05) is 23.9 Å². The van der Waals surface area contributed by atoms with Crippen LogP contribution in [0.15, 0.2) is 23.8 Å². The molecule has 5 atom stereocenters. The van der Waals surface area contributed by atoms with Gasteiger partial charge >= 0.3 is 5.97 Å². The van der Waals surface area contributed by atoms with E-state index in [1.165, 1.54) is 11.6 Å². The van der Waals surface area contributed by atoms with E-state index in [1.807, 2.05) is 0 Å². The molecule has 1 aromatic rings. The number of rotatable bonds is 6. The molecule has 3 fully saturated rings. The normalized spacial score (nSPS) is 33.2. The van der Waals surface area contributed by atoms with E-state index in [0.29, 0.717) is 18.3 Å². The molecule has 1 aliphatic heterocycles. The SMILES string of the molecule is CC1CC2=CCC(COc3cc(F)c(C(=O)N4C[C@@H](O)[C@@H](C)[C@H]4C(=O)O)cc3C3CC3)(C2)C1. The van der Waals surface area contributed by atoms with E-state index in [9.17, 15) is 19.8 Å². The Bertz CT molecular complexity index is 1020. The summed E-state index contributed by atoms with van der Waals surface area (Å²) in [7, 11) is 0. The minimum atomic E-state index is -1.19. The number of ether oxygens (including phenoxy) is 1. The van der Waals surface area contributed by atoms with Crippen LogP contribution in [-0.2, 0) is 4.79 Å². The molecule has 2 bridgehead atoms. The van der Waals surface area contributed by atoms with Gasteiger partial charge in [-0.05, 0) is 62.0 Å². The predicted octanol–water partition coefficient (Wildman–Crippen LogP) is 4.12. The highest BCUT2D eigenvalue weighted by atomic mass is 19.1. The standard InChI is InChI=1S/C26H32FNO5/c1-14-7-16-5-6-26(10-14,11-16)13-33-22-9-20(27)19(8-18(22)17-3-4-17)24(30)28-12-21(29)15(2)23(28)25(31)32/h5,8-9,14-15,17,21,23,29H,3-4,6-7,10-13H2,1-2H3,(H,31,32)/t14?,15-,21-,23+,26?/m1/s1. The van der Waals surface area contributed by atoms with Crippen molar-refractivity contribution in [1.82, 2.24) is 4.90 Å². The first-order chi connectivity index (χ1) is 15.7. The summed E-state index contributed by atoms with van der Waals surface area (Å²) in [5, 5.41) is 19.7. The van der Waals surface area contributed by atoms with Gasteiger partial charge in [0.2, 0.25) is 0 Å². The molecule has 1 saturated heterocycles. The lowest BCUT2D eigenvalue weighted by Crippen LogP contribution is -2.43. The van der Waals surface area contributed by atoms with Crippen molar-refractivity contribution >= 4 is 11.9 Å². The van der Waals surface area contributed by atoms with Gasteiger partial charge in [-0.25, -0.2) is 9.18 Å². The molecular formula is C26H32FNO5. The number of likely N-dealkylation sites (tertiary alicyclic amines) is 1. The van der Waals surface area contributed by atoms with Crippen LogP contribution in [0.4, 0.5) is 4.39 Å². The first-order valence-electron chi connectivity index (χ1n) is 12.0. The zero-order chi connectivity index (χ0) is 23.5. The van der Waals surface area contributed by atoms with Crippen molar-refractivity contribution in [2.75, 3.05) is 13.2 Å². The van der Waals surface area contributed by atoms with Crippen molar-refractivity contribution in [3.05, 3.63) is 40.7 Å². The van der Waals surface area contributed by atoms with Gasteiger partial charge < -0.3 is 19.8 Å². The van der Waals surface area contributed by atoms with Crippen LogP contribution >= 0.6 is 0 Å². The largest absolute Gasteiger partial charge is 0.493 e. The lowest BCUT2D eigenvalue weighted by Gasteiger charge is -2.36. The van der Waals surface area contributed by atoms with Gasteiger partial charge in [-0.15, -0.1) is 0 Å². The molecule has 1 amide bonds. The van der Waals surface area contributed by atoms with Gasteiger partial charge in [-0.3, -0.25) is 4.79 Å². The monoisotopic (exact) mass is 457 g/mol. The van der Waals surface area contributed by atoms with Gasteiger partial charge in [0.25, 0.3) is 5.91 Å². The number of carbonyl (C=O) groups excluding carboxylic acids is 1. The summed E-state index contributed by atoms with van der Waals surface area (Å²) in [4.78, 5) is 26.0. The van der Waals surface area contributed by atoms with E-state index in [2.05, 4.69) is 13.0 Å². The number of aliphatic hydroxyl groups is 1. The summed E-state index contributed by atoms with van der Waals surface area (Å²) >= 11 is 0. The van der Waals surface area contributed by atoms with Crippen LogP contribution in [-0.4, -0.2) is 52.3 Å². The van der Waals surface area contributed by atoms with Crippen LogP contribution in [0.3, 0.4) is 0 Å². The Morgan fingerprint density at radius 2 is 2.03 bits per heavy atom. The van der Waals surface area contributed by atoms with Crippen LogP contribution in [0, 0.1) is 23.1 Å². The molecule has 33 heavy (non-hydrogen) atoms. The zero-order valence-corrected chi connectivity index (χ0v) is 19.2. The molecule has 178 valence electrons. The Kier molecular flexibility index (Phi) is 5.51. The molecule has 0 spiro atoms. The fraction of sp³-hybridized carbons (Fsp3) is 0.615. The number of hydrogen-bond acceptors (Lipinski definition) is 4. The number of aliphatic carboxylic acids is 1. The van der Waals surface area contributed by atoms with Gasteiger partial charge in [0.15, 0.2) is 0 Å². The summed E-state index contributed by atoms with van der Waals surface area (Å²) in [6.07, 6.45) is 7.59. The van der Waals surface area contributed by atoms with Crippen LogP contribution < -0.4 is 4.74 Å². The van der Waals surface area contributed by atoms with E-state index < -0.39 is 35.8 Å². The summed E-state index contributed by atoms with van der Waals surface area (Å²) in [5.41, 5.74) is 2.26. The molecule has 5 rings (SSSR count). The van der Waals surface area contributed by atoms with Crippen LogP contribution in [0.1, 0.15) is 74.2 Å². The maximum atomic E-state index is 15.2. The molecule has 2 N–H and O–H groups in total. The highest BCUT2D eigenvalue weighted by Crippen LogP contribution is 2.51. The number of hydrogen-bond donors (Lipinski definition) is 2. The highest BCUT2D eigenvalue weighted by molar-refractivity contribution is 5.97. The molecule has 4 aliphatic rings. The van der Waals surface area contributed by atoms with E-state index in [0.717, 1.165) is 49.0 Å². The second-order valence-electron chi connectivity index (χ2n) is 10.9. The molecule has 2 saturated carbocycles. The molecule has 2 unspecified atom stereocenters. The molecule has 0 aromatic heterocycles. The van der Waals surface area contributed by atoms with Gasteiger partial charge in [0.05, 0.1) is 18.3 Å². The smallest absolute Gasteiger partial charge is 0.326 e. The zero-order valence-electron chi connectivity index (χ0n) is 19.2. The molecule has 7 heteroatoms. The maximum Gasteiger partial charge on any atom is 0.326 e. The Hall–Kier alpha value is -2.41. The third-order valence-corrected chi connectivity index (χ3v) is 8.04. The minimum absolute atomic E-state index is 0.0787. The number of amides is 1.